The van der Waals surface area contributed by atoms with Gasteiger partial charge in [0.25, 0.3) is 0 Å². The number of nitrogens with zero attached hydrogens (tertiary/aromatic N) is 1. The van der Waals surface area contributed by atoms with Crippen LogP contribution in [-0.2, 0) is 14.3 Å². The van der Waals surface area contributed by atoms with E-state index in [0.717, 1.165) is 17.7 Å². The first-order chi connectivity index (χ1) is 11.0. The van der Waals surface area contributed by atoms with Crippen LogP contribution in [0.2, 0.25) is 0 Å². The maximum atomic E-state index is 12.6. The number of carbonyl (C=O) groups is 2. The van der Waals surface area contributed by atoms with E-state index in [-0.39, 0.29) is 43.3 Å². The van der Waals surface area contributed by atoms with Gasteiger partial charge in [0.15, 0.2) is 0 Å². The molecule has 2 unspecified atom stereocenters. The van der Waals surface area contributed by atoms with E-state index in [2.05, 4.69) is 5.32 Å². The van der Waals surface area contributed by atoms with Gasteiger partial charge in [-0.15, -0.1) is 12.4 Å². The van der Waals surface area contributed by atoms with Crippen LogP contribution in [-0.4, -0.2) is 44.2 Å². The van der Waals surface area contributed by atoms with E-state index in [0.29, 0.717) is 13.0 Å². The highest BCUT2D eigenvalue weighted by atomic mass is 35.5. The maximum Gasteiger partial charge on any atom is 0.249 e. The summed E-state index contributed by atoms with van der Waals surface area (Å²) in [5.74, 6) is -0.262. The predicted octanol–water partition coefficient (Wildman–Crippen LogP) is 1.39. The molecule has 1 aromatic carbocycles. The Kier molecular flexibility index (Phi) is 8.18. The third kappa shape index (κ3) is 5.19. The van der Waals surface area contributed by atoms with Gasteiger partial charge in [-0.1, -0.05) is 17.7 Å². The average Bonchev–Trinajstić information content (AvgIpc) is 2.55. The molecule has 1 heterocycles. The third-order valence-electron chi connectivity index (χ3n) is 4.13. The summed E-state index contributed by atoms with van der Waals surface area (Å²) in [5, 5.41) is 2.81. The van der Waals surface area contributed by atoms with Gasteiger partial charge in [-0.05, 0) is 31.9 Å². The van der Waals surface area contributed by atoms with E-state index < -0.39 is 6.04 Å². The first-order valence-electron chi connectivity index (χ1n) is 7.95. The van der Waals surface area contributed by atoms with Crippen molar-refractivity contribution >= 4 is 29.9 Å². The van der Waals surface area contributed by atoms with Crippen LogP contribution >= 0.6 is 12.4 Å². The second-order valence-electron chi connectivity index (χ2n) is 5.89. The topological polar surface area (TPSA) is 84.7 Å². The number of aryl methyl sites for hydroxylation is 1. The number of anilines is 1. The summed E-state index contributed by atoms with van der Waals surface area (Å²) in [4.78, 5) is 26.4. The first-order valence-corrected chi connectivity index (χ1v) is 7.95. The molecule has 2 atom stereocenters. The Morgan fingerprint density at radius 3 is 2.67 bits per heavy atom. The molecule has 0 aliphatic carbocycles. The number of ether oxygens (including phenoxy) is 1. The quantitative estimate of drug-likeness (QED) is 0.807. The van der Waals surface area contributed by atoms with Gasteiger partial charge in [0.05, 0.1) is 12.5 Å². The van der Waals surface area contributed by atoms with Crippen LogP contribution in [0.25, 0.3) is 0 Å². The molecule has 7 heteroatoms. The molecule has 6 nitrogen and oxygen atoms in total. The summed E-state index contributed by atoms with van der Waals surface area (Å²) in [6.45, 7) is 2.96. The second-order valence-corrected chi connectivity index (χ2v) is 5.89. The van der Waals surface area contributed by atoms with Crippen molar-refractivity contribution in [3.8, 4) is 0 Å². The van der Waals surface area contributed by atoms with Gasteiger partial charge in [-0.2, -0.15) is 0 Å². The van der Waals surface area contributed by atoms with Crippen molar-refractivity contribution in [1.29, 1.82) is 0 Å². The fourth-order valence-electron chi connectivity index (χ4n) is 2.71. The number of hydrogen-bond donors (Lipinski definition) is 2. The molecule has 0 saturated carbocycles. The number of halogens is 1. The highest BCUT2D eigenvalue weighted by molar-refractivity contribution is 5.99. The zero-order valence-electron chi connectivity index (χ0n) is 14.2. The summed E-state index contributed by atoms with van der Waals surface area (Å²) in [6, 6.07) is 7.36. The Hall–Kier alpha value is -1.63. The molecule has 1 fully saturated rings. The Morgan fingerprint density at radius 2 is 2.08 bits per heavy atom. The Morgan fingerprint density at radius 1 is 1.42 bits per heavy atom. The Labute approximate surface area is 149 Å². The molecule has 134 valence electrons. The molecule has 1 saturated heterocycles. The SMILES string of the molecule is COC(CN)CC(=O)NC1CCCN(c2ccc(C)cc2)C1=O.Cl. The Bertz CT molecular complexity index is 547. The van der Waals surface area contributed by atoms with Crippen molar-refractivity contribution in [2.24, 2.45) is 5.73 Å². The maximum absolute atomic E-state index is 12.6. The minimum Gasteiger partial charge on any atom is -0.380 e. The fourth-order valence-corrected chi connectivity index (χ4v) is 2.71. The van der Waals surface area contributed by atoms with E-state index in [1.807, 2.05) is 31.2 Å². The average molecular weight is 356 g/mol. The van der Waals surface area contributed by atoms with Crippen molar-refractivity contribution in [2.45, 2.75) is 38.3 Å². The lowest BCUT2D eigenvalue weighted by Crippen LogP contribution is -2.53. The van der Waals surface area contributed by atoms with Crippen molar-refractivity contribution in [2.75, 3.05) is 25.1 Å². The molecule has 2 rings (SSSR count). The minimum absolute atomic E-state index is 0. The number of methoxy groups -OCH3 is 1. The predicted molar refractivity (Wildman–Crippen MR) is 96.4 cm³/mol. The van der Waals surface area contributed by atoms with Crippen LogP contribution in [0.15, 0.2) is 24.3 Å². The summed E-state index contributed by atoms with van der Waals surface area (Å²) in [6.07, 6.45) is 1.37. The summed E-state index contributed by atoms with van der Waals surface area (Å²) in [5.41, 5.74) is 7.54. The minimum atomic E-state index is -0.479. The summed E-state index contributed by atoms with van der Waals surface area (Å²) in [7, 11) is 1.52. The van der Waals surface area contributed by atoms with Gasteiger partial charge < -0.3 is 20.7 Å². The van der Waals surface area contributed by atoms with Gasteiger partial charge in [-0.3, -0.25) is 9.59 Å². The molecule has 0 aromatic heterocycles. The zero-order chi connectivity index (χ0) is 16.8. The molecular formula is C17H26ClN3O3. The fraction of sp³-hybridized carbons (Fsp3) is 0.529. The number of benzene rings is 1. The monoisotopic (exact) mass is 355 g/mol. The molecule has 1 aromatic rings. The molecule has 1 aliphatic heterocycles. The van der Waals surface area contributed by atoms with Crippen LogP contribution in [0.4, 0.5) is 5.69 Å². The molecule has 24 heavy (non-hydrogen) atoms. The van der Waals surface area contributed by atoms with Gasteiger partial charge >= 0.3 is 0 Å². The molecule has 3 N–H and O–H groups in total. The van der Waals surface area contributed by atoms with Crippen molar-refractivity contribution < 1.29 is 14.3 Å². The lowest BCUT2D eigenvalue weighted by atomic mass is 10.0. The molecule has 0 radical (unpaired) electrons. The van der Waals surface area contributed by atoms with Crippen LogP contribution in [0, 0.1) is 6.92 Å². The molecule has 0 bridgehead atoms. The van der Waals surface area contributed by atoms with Gasteiger partial charge in [-0.25, -0.2) is 0 Å². The van der Waals surface area contributed by atoms with Gasteiger partial charge in [0, 0.05) is 25.9 Å². The van der Waals surface area contributed by atoms with E-state index in [1.54, 1.807) is 4.90 Å². The normalized spacial score (nSPS) is 18.7. The van der Waals surface area contributed by atoms with Gasteiger partial charge in [0.2, 0.25) is 11.8 Å². The molecule has 2 amide bonds. The number of nitrogens with one attached hydrogen (secondary N) is 1. The number of nitrogens with two attached hydrogens (primary N) is 1. The number of hydrogen-bond acceptors (Lipinski definition) is 4. The van der Waals surface area contributed by atoms with Crippen LogP contribution in [0.3, 0.4) is 0 Å². The summed E-state index contributed by atoms with van der Waals surface area (Å²) < 4.78 is 5.11. The lowest BCUT2D eigenvalue weighted by Gasteiger charge is -2.33. The third-order valence-corrected chi connectivity index (χ3v) is 4.13. The zero-order valence-corrected chi connectivity index (χ0v) is 15.0. The van der Waals surface area contributed by atoms with Crippen molar-refractivity contribution in [1.82, 2.24) is 5.32 Å². The van der Waals surface area contributed by atoms with Crippen molar-refractivity contribution in [3.05, 3.63) is 29.8 Å². The summed E-state index contributed by atoms with van der Waals surface area (Å²) >= 11 is 0. The van der Waals surface area contributed by atoms with E-state index in [9.17, 15) is 9.59 Å². The second kappa shape index (κ2) is 9.61. The van der Waals surface area contributed by atoms with Gasteiger partial charge in [0.1, 0.15) is 6.04 Å². The molecular weight excluding hydrogens is 330 g/mol. The smallest absolute Gasteiger partial charge is 0.249 e. The van der Waals surface area contributed by atoms with Crippen molar-refractivity contribution in [3.63, 3.8) is 0 Å². The number of rotatable bonds is 6. The van der Waals surface area contributed by atoms with E-state index in [4.69, 9.17) is 10.5 Å². The molecule has 0 spiro atoms. The number of carbonyl (C=O) groups excluding carboxylic acids is 2. The lowest BCUT2D eigenvalue weighted by molar-refractivity contribution is -0.129. The number of amides is 2. The van der Waals surface area contributed by atoms with E-state index in [1.165, 1.54) is 7.11 Å². The highest BCUT2D eigenvalue weighted by Gasteiger charge is 2.31. The Balaban J connectivity index is 0.00000288. The van der Waals surface area contributed by atoms with Crippen LogP contribution < -0.4 is 16.0 Å². The van der Waals surface area contributed by atoms with E-state index >= 15 is 0 Å². The first kappa shape index (κ1) is 20.4. The molecule has 1 aliphatic rings. The number of piperidine rings is 1. The largest absolute Gasteiger partial charge is 0.380 e. The van der Waals surface area contributed by atoms with Crippen LogP contribution in [0.5, 0.6) is 0 Å². The standard InChI is InChI=1S/C17H25N3O3.ClH/c1-12-5-7-13(8-6-12)20-9-3-4-15(17(20)22)19-16(21)10-14(11-18)23-2;/h5-8,14-15H,3-4,9-11,18H2,1-2H3,(H,19,21);1H. The highest BCUT2D eigenvalue weighted by Crippen LogP contribution is 2.21. The van der Waals surface area contributed by atoms with Crippen LogP contribution in [0.1, 0.15) is 24.8 Å².